The molecular weight excluding hydrogens is 392 g/mol. The van der Waals surface area contributed by atoms with E-state index in [1.54, 1.807) is 0 Å². The van der Waals surface area contributed by atoms with E-state index in [2.05, 4.69) is 34.9 Å². The minimum atomic E-state index is 0.337. The molecule has 0 aromatic heterocycles. The summed E-state index contributed by atoms with van der Waals surface area (Å²) in [4.78, 5) is 2.76. The number of fused-ring (bicyclic) bond motifs is 4. The molecule has 2 saturated carbocycles. The SMILES string of the molecule is C[C@H]1CN(C2CC3COCNCCCOC4CCC5NNC(C(C3)C2)C5C4)[C@@H](C)CO1. The van der Waals surface area contributed by atoms with Gasteiger partial charge in [-0.25, -0.2) is 0 Å². The third-order valence-electron chi connectivity index (χ3n) is 8.61. The first kappa shape index (κ1) is 22.5. The summed E-state index contributed by atoms with van der Waals surface area (Å²) in [6.07, 6.45) is 9.29. The average molecular weight is 437 g/mol. The van der Waals surface area contributed by atoms with E-state index in [1.807, 2.05) is 0 Å². The fraction of sp³-hybridized carbons (Fsp3) is 1.00. The van der Waals surface area contributed by atoms with Crippen molar-refractivity contribution in [3.63, 3.8) is 0 Å². The monoisotopic (exact) mass is 436 g/mol. The second kappa shape index (κ2) is 10.3. The van der Waals surface area contributed by atoms with E-state index < -0.39 is 0 Å². The Labute approximate surface area is 188 Å². The Morgan fingerprint density at radius 3 is 2.81 bits per heavy atom. The van der Waals surface area contributed by atoms with Crippen molar-refractivity contribution in [3.8, 4) is 0 Å². The Morgan fingerprint density at radius 2 is 1.87 bits per heavy atom. The Balaban J connectivity index is 1.34. The van der Waals surface area contributed by atoms with Gasteiger partial charge in [0.2, 0.25) is 0 Å². The van der Waals surface area contributed by atoms with E-state index in [-0.39, 0.29) is 0 Å². The van der Waals surface area contributed by atoms with Crippen LogP contribution in [0.4, 0.5) is 0 Å². The summed E-state index contributed by atoms with van der Waals surface area (Å²) in [6, 6.07) is 2.30. The molecule has 0 spiro atoms. The molecule has 178 valence electrons. The zero-order valence-corrected chi connectivity index (χ0v) is 19.6. The van der Waals surface area contributed by atoms with Crippen LogP contribution in [0.5, 0.6) is 0 Å². The maximum Gasteiger partial charge on any atom is 0.0965 e. The summed E-state index contributed by atoms with van der Waals surface area (Å²) >= 11 is 0. The number of hydrogen-bond acceptors (Lipinski definition) is 7. The number of morpholine rings is 1. The van der Waals surface area contributed by atoms with Crippen molar-refractivity contribution in [2.45, 2.75) is 95.2 Å². The van der Waals surface area contributed by atoms with Gasteiger partial charge >= 0.3 is 0 Å². The summed E-state index contributed by atoms with van der Waals surface area (Å²) in [7, 11) is 0. The molecule has 0 aromatic carbocycles. The third kappa shape index (κ3) is 5.29. The van der Waals surface area contributed by atoms with Gasteiger partial charge in [0.15, 0.2) is 0 Å². The van der Waals surface area contributed by atoms with Crippen LogP contribution in [0.25, 0.3) is 0 Å². The van der Waals surface area contributed by atoms with Gasteiger partial charge in [0.05, 0.1) is 32.2 Å². The molecule has 3 N–H and O–H groups in total. The smallest absolute Gasteiger partial charge is 0.0965 e. The molecule has 7 unspecified atom stereocenters. The number of nitrogens with zero attached hydrogens (tertiary/aromatic N) is 1. The first-order chi connectivity index (χ1) is 15.2. The van der Waals surface area contributed by atoms with Crippen LogP contribution in [-0.2, 0) is 14.2 Å². The maximum absolute atomic E-state index is 6.30. The quantitative estimate of drug-likeness (QED) is 0.580. The highest BCUT2D eigenvalue weighted by atomic mass is 16.5. The standard InChI is InChI=1S/C24H44N4O3/c1-16-13-31-17(2)12-28(16)20-9-18-8-19(10-20)24-22-11-21(4-5-23(22)26-27-24)30-7-3-6-25-15-29-14-18/h16-27H,3-15H2,1-2H3/t16-,17-,18?,19?,20?,21?,22?,23?,24?/m0/s1. The van der Waals surface area contributed by atoms with Gasteiger partial charge in [-0.2, -0.15) is 0 Å². The van der Waals surface area contributed by atoms with Gasteiger partial charge in [0.1, 0.15) is 0 Å². The summed E-state index contributed by atoms with van der Waals surface area (Å²) in [6.45, 7) is 9.87. The minimum absolute atomic E-state index is 0.337. The largest absolute Gasteiger partial charge is 0.378 e. The van der Waals surface area contributed by atoms with Crippen LogP contribution in [0, 0.1) is 17.8 Å². The van der Waals surface area contributed by atoms with Crippen molar-refractivity contribution < 1.29 is 14.2 Å². The van der Waals surface area contributed by atoms with Gasteiger partial charge in [0.25, 0.3) is 0 Å². The zero-order valence-electron chi connectivity index (χ0n) is 19.6. The summed E-state index contributed by atoms with van der Waals surface area (Å²) in [5.41, 5.74) is 7.46. The van der Waals surface area contributed by atoms with Crippen LogP contribution >= 0.6 is 0 Å². The van der Waals surface area contributed by atoms with Gasteiger partial charge < -0.3 is 14.2 Å². The molecule has 0 amide bonds. The molecule has 5 rings (SSSR count). The summed E-state index contributed by atoms with van der Waals surface area (Å²) in [5.74, 6) is 2.02. The fourth-order valence-corrected chi connectivity index (χ4v) is 7.08. The minimum Gasteiger partial charge on any atom is -0.378 e. The van der Waals surface area contributed by atoms with E-state index in [0.717, 1.165) is 39.3 Å². The van der Waals surface area contributed by atoms with E-state index in [4.69, 9.17) is 14.2 Å². The third-order valence-corrected chi connectivity index (χ3v) is 8.61. The zero-order chi connectivity index (χ0) is 21.2. The van der Waals surface area contributed by atoms with Crippen LogP contribution in [0.1, 0.15) is 58.8 Å². The van der Waals surface area contributed by atoms with Crippen LogP contribution in [-0.4, -0.2) is 80.9 Å². The average Bonchev–Trinajstić information content (AvgIpc) is 3.20. The van der Waals surface area contributed by atoms with E-state index in [9.17, 15) is 0 Å². The number of ether oxygens (including phenoxy) is 3. The molecule has 4 bridgehead atoms. The fourth-order valence-electron chi connectivity index (χ4n) is 7.08. The highest BCUT2D eigenvalue weighted by Gasteiger charge is 2.47. The Morgan fingerprint density at radius 1 is 0.935 bits per heavy atom. The van der Waals surface area contributed by atoms with Gasteiger partial charge in [0, 0.05) is 37.3 Å². The number of nitrogens with one attached hydrogen (secondary N) is 3. The van der Waals surface area contributed by atoms with Crippen molar-refractivity contribution >= 4 is 0 Å². The lowest BCUT2D eigenvalue weighted by Gasteiger charge is -2.48. The van der Waals surface area contributed by atoms with Crippen LogP contribution in [0.2, 0.25) is 0 Å². The molecule has 3 aliphatic heterocycles. The lowest BCUT2D eigenvalue weighted by atomic mass is 9.69. The molecule has 0 aromatic rings. The second-order valence-electron chi connectivity index (χ2n) is 10.9. The normalized spacial score (nSPS) is 48.0. The van der Waals surface area contributed by atoms with Crippen molar-refractivity contribution in [2.24, 2.45) is 17.8 Å². The molecule has 5 fully saturated rings. The first-order valence-corrected chi connectivity index (χ1v) is 13.0. The van der Waals surface area contributed by atoms with E-state index in [1.165, 1.54) is 38.5 Å². The van der Waals surface area contributed by atoms with Crippen LogP contribution in [0.3, 0.4) is 0 Å². The lowest BCUT2D eigenvalue weighted by Crippen LogP contribution is -2.56. The molecule has 7 heteroatoms. The van der Waals surface area contributed by atoms with Crippen molar-refractivity contribution in [3.05, 3.63) is 0 Å². The molecule has 3 saturated heterocycles. The van der Waals surface area contributed by atoms with Crippen molar-refractivity contribution in [2.75, 3.05) is 39.6 Å². The number of rotatable bonds is 1. The van der Waals surface area contributed by atoms with Gasteiger partial charge in [-0.15, -0.1) is 0 Å². The highest BCUT2D eigenvalue weighted by molar-refractivity contribution is 5.02. The topological polar surface area (TPSA) is 67.0 Å². The predicted molar refractivity (Wildman–Crippen MR) is 121 cm³/mol. The predicted octanol–water partition coefficient (Wildman–Crippen LogP) is 1.88. The van der Waals surface area contributed by atoms with Crippen LogP contribution < -0.4 is 16.2 Å². The van der Waals surface area contributed by atoms with Crippen molar-refractivity contribution in [1.82, 2.24) is 21.1 Å². The molecule has 9 atom stereocenters. The Hall–Kier alpha value is -0.280. The molecule has 2 aliphatic carbocycles. The molecule has 31 heavy (non-hydrogen) atoms. The lowest BCUT2D eigenvalue weighted by molar-refractivity contribution is -0.0838. The Bertz CT molecular complexity index is 581. The molecule has 3 heterocycles. The number of hydrazine groups is 1. The molecule has 0 radical (unpaired) electrons. The summed E-state index contributed by atoms with van der Waals surface area (Å²) in [5, 5.41) is 3.45. The van der Waals surface area contributed by atoms with E-state index in [0.29, 0.717) is 60.9 Å². The summed E-state index contributed by atoms with van der Waals surface area (Å²) < 4.78 is 18.4. The number of hydrogen-bond donors (Lipinski definition) is 3. The second-order valence-corrected chi connectivity index (χ2v) is 10.9. The molecular formula is C24H44N4O3. The molecule has 5 aliphatic rings. The van der Waals surface area contributed by atoms with Crippen molar-refractivity contribution in [1.29, 1.82) is 0 Å². The first-order valence-electron chi connectivity index (χ1n) is 13.0. The van der Waals surface area contributed by atoms with E-state index >= 15 is 0 Å². The maximum atomic E-state index is 6.30. The van der Waals surface area contributed by atoms with Crippen LogP contribution in [0.15, 0.2) is 0 Å². The van der Waals surface area contributed by atoms with Gasteiger partial charge in [-0.3, -0.25) is 21.1 Å². The Kier molecular flexibility index (Phi) is 7.50. The van der Waals surface area contributed by atoms with Gasteiger partial charge in [-0.1, -0.05) is 0 Å². The molecule has 7 nitrogen and oxygen atoms in total. The highest BCUT2D eigenvalue weighted by Crippen LogP contribution is 2.42. The van der Waals surface area contributed by atoms with Gasteiger partial charge in [-0.05, 0) is 83.1 Å².